The fourth-order valence-corrected chi connectivity index (χ4v) is 2.88. The van der Waals surface area contributed by atoms with Crippen molar-refractivity contribution in [3.8, 4) is 0 Å². The van der Waals surface area contributed by atoms with Crippen molar-refractivity contribution >= 4 is 18.3 Å². The normalized spacial score (nSPS) is 28.4. The maximum Gasteiger partial charge on any atom is 0.392 e. The molecular weight excluding hydrogens is 293 g/mol. The van der Waals surface area contributed by atoms with Gasteiger partial charge in [0.2, 0.25) is 5.91 Å². The highest BCUT2D eigenvalue weighted by molar-refractivity contribution is 5.85. The van der Waals surface area contributed by atoms with Crippen molar-refractivity contribution in [2.45, 2.75) is 50.7 Å². The van der Waals surface area contributed by atoms with Crippen LogP contribution in [0.4, 0.5) is 13.2 Å². The number of rotatable bonds is 4. The van der Waals surface area contributed by atoms with Crippen molar-refractivity contribution in [2.75, 3.05) is 6.54 Å². The molecule has 0 aromatic carbocycles. The number of hydrogen-bond donors (Lipinski definition) is 2. The molecule has 0 aliphatic heterocycles. The quantitative estimate of drug-likeness (QED) is 0.838. The molecule has 2 aliphatic rings. The lowest BCUT2D eigenvalue weighted by atomic mass is 9.78. The van der Waals surface area contributed by atoms with Gasteiger partial charge in [0.25, 0.3) is 0 Å². The van der Waals surface area contributed by atoms with Crippen LogP contribution in [-0.2, 0) is 4.79 Å². The third-order valence-corrected chi connectivity index (χ3v) is 4.26. The zero-order valence-corrected chi connectivity index (χ0v) is 12.1. The lowest BCUT2D eigenvalue weighted by Crippen LogP contribution is -2.46. The van der Waals surface area contributed by atoms with Gasteiger partial charge in [-0.15, -0.1) is 12.4 Å². The minimum absolute atomic E-state index is 0. The second-order valence-corrected chi connectivity index (χ2v) is 5.79. The predicted octanol–water partition coefficient (Wildman–Crippen LogP) is 2.63. The summed E-state index contributed by atoms with van der Waals surface area (Å²) in [5.41, 5.74) is 5.84. The van der Waals surface area contributed by atoms with Gasteiger partial charge in [-0.05, 0) is 31.6 Å². The average molecular weight is 315 g/mol. The number of halogens is 4. The van der Waals surface area contributed by atoms with E-state index in [1.54, 1.807) is 0 Å². The largest absolute Gasteiger partial charge is 0.392 e. The molecule has 0 heterocycles. The molecule has 3 nitrogen and oxygen atoms in total. The molecule has 3 atom stereocenters. The van der Waals surface area contributed by atoms with E-state index in [0.717, 1.165) is 12.8 Å². The minimum atomic E-state index is -4.28. The Morgan fingerprint density at radius 3 is 2.35 bits per heavy atom. The van der Waals surface area contributed by atoms with Crippen LogP contribution in [0.5, 0.6) is 0 Å². The summed E-state index contributed by atoms with van der Waals surface area (Å²) >= 11 is 0. The summed E-state index contributed by atoms with van der Waals surface area (Å²) in [7, 11) is 0. The van der Waals surface area contributed by atoms with Crippen LogP contribution in [0.2, 0.25) is 0 Å². The number of hydrogen-bond acceptors (Lipinski definition) is 2. The van der Waals surface area contributed by atoms with E-state index in [1.807, 2.05) is 0 Å². The van der Waals surface area contributed by atoms with Gasteiger partial charge in [-0.1, -0.05) is 12.8 Å². The fourth-order valence-electron chi connectivity index (χ4n) is 2.88. The summed E-state index contributed by atoms with van der Waals surface area (Å²) in [4.78, 5) is 11.9. The van der Waals surface area contributed by atoms with E-state index in [-0.39, 0.29) is 24.9 Å². The minimum Gasteiger partial charge on any atom is -0.354 e. The lowest BCUT2D eigenvalue weighted by Gasteiger charge is -2.32. The molecular formula is C13H22ClF3N2O. The van der Waals surface area contributed by atoms with E-state index in [0.29, 0.717) is 31.7 Å². The Morgan fingerprint density at radius 1 is 1.20 bits per heavy atom. The third kappa shape index (κ3) is 4.52. The Hall–Kier alpha value is -0.490. The highest BCUT2D eigenvalue weighted by Crippen LogP contribution is 2.41. The van der Waals surface area contributed by atoms with Crippen LogP contribution in [0.1, 0.15) is 38.5 Å². The van der Waals surface area contributed by atoms with E-state index in [1.165, 1.54) is 0 Å². The highest BCUT2D eigenvalue weighted by Gasteiger charge is 2.48. The molecule has 0 spiro atoms. The summed E-state index contributed by atoms with van der Waals surface area (Å²) in [5, 5.41) is 2.61. The highest BCUT2D eigenvalue weighted by atomic mass is 35.5. The molecule has 3 N–H and O–H groups in total. The first kappa shape index (κ1) is 17.6. The maximum absolute atomic E-state index is 12.9. The first-order valence-electron chi connectivity index (χ1n) is 6.99. The summed E-state index contributed by atoms with van der Waals surface area (Å²) in [6.45, 7) is 0.296. The van der Waals surface area contributed by atoms with Gasteiger partial charge in [0, 0.05) is 18.5 Å². The summed E-state index contributed by atoms with van der Waals surface area (Å²) in [6, 6.07) is -0.114. The molecule has 0 aromatic rings. The first-order valence-corrected chi connectivity index (χ1v) is 6.99. The van der Waals surface area contributed by atoms with Crippen LogP contribution in [0.25, 0.3) is 0 Å². The number of nitrogens with two attached hydrogens (primary N) is 1. The number of nitrogens with one attached hydrogen (secondary N) is 1. The van der Waals surface area contributed by atoms with E-state index in [9.17, 15) is 18.0 Å². The van der Waals surface area contributed by atoms with Crippen molar-refractivity contribution in [3.05, 3.63) is 0 Å². The molecule has 2 fully saturated rings. The molecule has 0 saturated heterocycles. The Bertz CT molecular complexity index is 334. The molecule has 118 valence electrons. The maximum atomic E-state index is 12.9. The average Bonchev–Trinajstić information content (AvgIpc) is 3.18. The molecule has 1 amide bonds. The van der Waals surface area contributed by atoms with Crippen LogP contribution >= 0.6 is 12.4 Å². The van der Waals surface area contributed by atoms with Crippen molar-refractivity contribution in [2.24, 2.45) is 23.5 Å². The number of amides is 1. The summed E-state index contributed by atoms with van der Waals surface area (Å²) in [6.07, 6.45) is -0.516. The molecule has 7 heteroatoms. The van der Waals surface area contributed by atoms with Gasteiger partial charge in [0.05, 0.1) is 5.92 Å². The second-order valence-electron chi connectivity index (χ2n) is 5.79. The monoisotopic (exact) mass is 314 g/mol. The number of carbonyl (C=O) groups is 1. The van der Waals surface area contributed by atoms with Gasteiger partial charge in [0.15, 0.2) is 0 Å². The van der Waals surface area contributed by atoms with Crippen molar-refractivity contribution < 1.29 is 18.0 Å². The topological polar surface area (TPSA) is 55.1 Å². The van der Waals surface area contributed by atoms with E-state index < -0.39 is 23.9 Å². The van der Waals surface area contributed by atoms with Crippen LogP contribution in [0, 0.1) is 17.8 Å². The van der Waals surface area contributed by atoms with Crippen molar-refractivity contribution in [1.29, 1.82) is 0 Å². The molecule has 2 rings (SSSR count). The smallest absolute Gasteiger partial charge is 0.354 e. The molecule has 2 saturated carbocycles. The zero-order valence-electron chi connectivity index (χ0n) is 11.3. The molecule has 0 radical (unpaired) electrons. The number of alkyl halides is 3. The molecule has 3 unspecified atom stereocenters. The molecule has 2 aliphatic carbocycles. The second kappa shape index (κ2) is 6.98. The van der Waals surface area contributed by atoms with Gasteiger partial charge in [-0.3, -0.25) is 4.79 Å². The zero-order chi connectivity index (χ0) is 14.0. The Balaban J connectivity index is 0.00000200. The van der Waals surface area contributed by atoms with Gasteiger partial charge in [-0.2, -0.15) is 13.2 Å². The lowest BCUT2D eigenvalue weighted by molar-refractivity contribution is -0.198. The van der Waals surface area contributed by atoms with E-state index in [4.69, 9.17) is 5.73 Å². The standard InChI is InChI=1S/C13H21F3N2O.ClH/c14-13(15,16)10-4-2-1-3-9(10)12(19)18-7-11(17)8-5-6-8;/h8-11H,1-7,17H2,(H,18,19);1H. The van der Waals surface area contributed by atoms with Crippen LogP contribution in [0.3, 0.4) is 0 Å². The SMILES string of the molecule is Cl.NC(CNC(=O)C1CCCCC1C(F)(F)F)C1CC1. The van der Waals surface area contributed by atoms with Gasteiger partial charge in [0.1, 0.15) is 0 Å². The van der Waals surface area contributed by atoms with Crippen molar-refractivity contribution in [1.82, 2.24) is 5.32 Å². The van der Waals surface area contributed by atoms with Gasteiger partial charge >= 0.3 is 6.18 Å². The van der Waals surface area contributed by atoms with Crippen LogP contribution in [0.15, 0.2) is 0 Å². The van der Waals surface area contributed by atoms with Crippen LogP contribution < -0.4 is 11.1 Å². The predicted molar refractivity (Wildman–Crippen MR) is 72.5 cm³/mol. The van der Waals surface area contributed by atoms with Gasteiger partial charge in [-0.25, -0.2) is 0 Å². The Morgan fingerprint density at radius 2 is 1.80 bits per heavy atom. The number of carbonyl (C=O) groups excluding carboxylic acids is 1. The molecule has 0 aromatic heterocycles. The Labute approximate surface area is 123 Å². The fraction of sp³-hybridized carbons (Fsp3) is 0.923. The van der Waals surface area contributed by atoms with E-state index in [2.05, 4.69) is 5.32 Å². The summed E-state index contributed by atoms with van der Waals surface area (Å²) < 4.78 is 38.7. The molecule has 20 heavy (non-hydrogen) atoms. The third-order valence-electron chi connectivity index (χ3n) is 4.26. The van der Waals surface area contributed by atoms with Gasteiger partial charge < -0.3 is 11.1 Å². The van der Waals surface area contributed by atoms with Crippen LogP contribution in [-0.4, -0.2) is 24.7 Å². The van der Waals surface area contributed by atoms with Crippen molar-refractivity contribution in [3.63, 3.8) is 0 Å². The Kier molecular flexibility index (Phi) is 6.13. The van der Waals surface area contributed by atoms with E-state index >= 15 is 0 Å². The first-order chi connectivity index (χ1) is 8.89. The summed E-state index contributed by atoms with van der Waals surface area (Å²) in [5.74, 6) is -2.46. The molecule has 0 bridgehead atoms.